The van der Waals surface area contributed by atoms with Crippen molar-refractivity contribution >= 4 is 27.5 Å². The van der Waals surface area contributed by atoms with Crippen LogP contribution in [0.1, 0.15) is 50.6 Å². The van der Waals surface area contributed by atoms with Crippen LogP contribution < -0.4 is 11.3 Å². The van der Waals surface area contributed by atoms with Crippen molar-refractivity contribution in [2.75, 3.05) is 0 Å². The average Bonchev–Trinajstić information content (AvgIpc) is 2.43. The maximum atomic E-state index is 6.37. The van der Waals surface area contributed by atoms with Crippen molar-refractivity contribution in [3.05, 3.63) is 33.3 Å². The summed E-state index contributed by atoms with van der Waals surface area (Å²) in [4.78, 5) is 0. The Labute approximate surface area is 129 Å². The van der Waals surface area contributed by atoms with Gasteiger partial charge in [0.2, 0.25) is 0 Å². The molecule has 0 bridgehead atoms. The van der Waals surface area contributed by atoms with E-state index in [0.29, 0.717) is 5.92 Å². The molecule has 1 saturated carbocycles. The highest BCUT2D eigenvalue weighted by molar-refractivity contribution is 9.10. The molecule has 0 spiro atoms. The second-order valence-electron chi connectivity index (χ2n) is 5.48. The molecule has 0 amide bonds. The Morgan fingerprint density at radius 3 is 2.89 bits per heavy atom. The second kappa shape index (κ2) is 7.07. The summed E-state index contributed by atoms with van der Waals surface area (Å²) in [6.45, 7) is 2.28. The molecule has 1 fully saturated rings. The first-order chi connectivity index (χ1) is 9.17. The lowest BCUT2D eigenvalue weighted by atomic mass is 9.75. The minimum atomic E-state index is 0.137. The van der Waals surface area contributed by atoms with Crippen LogP contribution >= 0.6 is 27.5 Å². The summed E-state index contributed by atoms with van der Waals surface area (Å²) in [6, 6.07) is 6.06. The zero-order valence-corrected chi connectivity index (χ0v) is 13.7. The third-order valence-corrected chi connectivity index (χ3v) is 5.38. The van der Waals surface area contributed by atoms with Gasteiger partial charge in [0.05, 0.1) is 6.04 Å². The van der Waals surface area contributed by atoms with Gasteiger partial charge in [-0.25, -0.2) is 0 Å². The summed E-state index contributed by atoms with van der Waals surface area (Å²) in [5.41, 5.74) is 4.10. The van der Waals surface area contributed by atoms with Crippen molar-refractivity contribution < 1.29 is 0 Å². The minimum Gasteiger partial charge on any atom is -0.271 e. The number of hydrogen-bond donors (Lipinski definition) is 2. The smallest absolute Gasteiger partial charge is 0.0514 e. The van der Waals surface area contributed by atoms with Gasteiger partial charge in [0.25, 0.3) is 0 Å². The lowest BCUT2D eigenvalue weighted by Gasteiger charge is -2.35. The highest BCUT2D eigenvalue weighted by Gasteiger charge is 2.30. The lowest BCUT2D eigenvalue weighted by molar-refractivity contribution is 0.209. The molecule has 3 N–H and O–H groups in total. The van der Waals surface area contributed by atoms with E-state index in [1.807, 2.05) is 18.2 Å². The molecule has 2 nitrogen and oxygen atoms in total. The SMILES string of the molecule is CCC1CCCC(C(NN)c2c(Cl)cccc2Br)C1. The zero-order valence-electron chi connectivity index (χ0n) is 11.3. The van der Waals surface area contributed by atoms with E-state index in [0.717, 1.165) is 21.0 Å². The minimum absolute atomic E-state index is 0.137. The largest absolute Gasteiger partial charge is 0.271 e. The van der Waals surface area contributed by atoms with Gasteiger partial charge in [0.15, 0.2) is 0 Å². The number of nitrogens with two attached hydrogens (primary N) is 1. The first-order valence-corrected chi connectivity index (χ1v) is 8.24. The third-order valence-electron chi connectivity index (χ3n) is 4.36. The predicted octanol–water partition coefficient (Wildman–Crippen LogP) is 4.82. The number of hydrazine groups is 1. The van der Waals surface area contributed by atoms with Gasteiger partial charge >= 0.3 is 0 Å². The number of rotatable bonds is 4. The molecule has 2 rings (SSSR count). The van der Waals surface area contributed by atoms with Crippen molar-refractivity contribution in [2.45, 2.75) is 45.1 Å². The number of benzene rings is 1. The topological polar surface area (TPSA) is 38.0 Å². The van der Waals surface area contributed by atoms with Gasteiger partial charge in [-0.1, -0.05) is 59.8 Å². The highest BCUT2D eigenvalue weighted by atomic mass is 79.9. The molecule has 106 valence electrons. The van der Waals surface area contributed by atoms with E-state index in [1.165, 1.54) is 32.1 Å². The Morgan fingerprint density at radius 2 is 2.26 bits per heavy atom. The van der Waals surface area contributed by atoms with E-state index in [2.05, 4.69) is 28.3 Å². The number of halogens is 2. The predicted molar refractivity (Wildman–Crippen MR) is 85.0 cm³/mol. The van der Waals surface area contributed by atoms with Crippen molar-refractivity contribution in [1.82, 2.24) is 5.43 Å². The molecular formula is C15H22BrClN2. The van der Waals surface area contributed by atoms with E-state index >= 15 is 0 Å². The summed E-state index contributed by atoms with van der Waals surface area (Å²) in [6.07, 6.45) is 6.38. The molecule has 0 saturated heterocycles. The monoisotopic (exact) mass is 344 g/mol. The molecule has 0 heterocycles. The van der Waals surface area contributed by atoms with Crippen molar-refractivity contribution in [1.29, 1.82) is 0 Å². The van der Waals surface area contributed by atoms with E-state index in [-0.39, 0.29) is 6.04 Å². The number of hydrogen-bond acceptors (Lipinski definition) is 2. The molecule has 3 unspecified atom stereocenters. The quantitative estimate of drug-likeness (QED) is 0.606. The van der Waals surface area contributed by atoms with Crippen molar-refractivity contribution in [2.24, 2.45) is 17.7 Å². The fourth-order valence-corrected chi connectivity index (χ4v) is 4.29. The molecule has 1 aliphatic carbocycles. The van der Waals surface area contributed by atoms with Gasteiger partial charge in [-0.15, -0.1) is 0 Å². The number of nitrogens with one attached hydrogen (secondary N) is 1. The fourth-order valence-electron chi connectivity index (χ4n) is 3.27. The summed E-state index contributed by atoms with van der Waals surface area (Å²) in [5.74, 6) is 7.23. The van der Waals surface area contributed by atoms with E-state index in [4.69, 9.17) is 17.4 Å². The van der Waals surface area contributed by atoms with Gasteiger partial charge in [0.1, 0.15) is 0 Å². The van der Waals surface area contributed by atoms with E-state index < -0.39 is 0 Å². The van der Waals surface area contributed by atoms with Crippen LogP contribution in [0.5, 0.6) is 0 Å². The summed E-state index contributed by atoms with van der Waals surface area (Å²) in [7, 11) is 0. The van der Waals surface area contributed by atoms with Crippen LogP contribution in [0.4, 0.5) is 0 Å². The molecule has 1 aromatic carbocycles. The molecule has 1 aromatic rings. The molecule has 0 aliphatic heterocycles. The fraction of sp³-hybridized carbons (Fsp3) is 0.600. The second-order valence-corrected chi connectivity index (χ2v) is 6.74. The molecule has 19 heavy (non-hydrogen) atoms. The maximum absolute atomic E-state index is 6.37. The van der Waals surface area contributed by atoms with E-state index in [9.17, 15) is 0 Å². The normalized spacial score (nSPS) is 25.3. The highest BCUT2D eigenvalue weighted by Crippen LogP contribution is 2.42. The van der Waals surface area contributed by atoms with Crippen LogP contribution in [-0.4, -0.2) is 0 Å². The molecule has 3 atom stereocenters. The van der Waals surface area contributed by atoms with Crippen LogP contribution in [0, 0.1) is 11.8 Å². The Balaban J connectivity index is 2.24. The third kappa shape index (κ3) is 3.52. The molecule has 1 aliphatic rings. The van der Waals surface area contributed by atoms with Gasteiger partial charge < -0.3 is 0 Å². The van der Waals surface area contributed by atoms with Gasteiger partial charge in [-0.05, 0) is 36.8 Å². The van der Waals surface area contributed by atoms with Crippen molar-refractivity contribution in [3.8, 4) is 0 Å². The molecule has 0 radical (unpaired) electrons. The Kier molecular flexibility index (Phi) is 5.70. The van der Waals surface area contributed by atoms with Gasteiger partial charge in [-0.2, -0.15) is 0 Å². The van der Waals surface area contributed by atoms with Gasteiger partial charge in [-0.3, -0.25) is 11.3 Å². The van der Waals surface area contributed by atoms with Crippen LogP contribution in [0.25, 0.3) is 0 Å². The first kappa shape index (κ1) is 15.3. The van der Waals surface area contributed by atoms with Crippen LogP contribution in [-0.2, 0) is 0 Å². The van der Waals surface area contributed by atoms with E-state index in [1.54, 1.807) is 0 Å². The zero-order chi connectivity index (χ0) is 13.8. The lowest BCUT2D eigenvalue weighted by Crippen LogP contribution is -2.36. The van der Waals surface area contributed by atoms with Crippen molar-refractivity contribution in [3.63, 3.8) is 0 Å². The van der Waals surface area contributed by atoms with Crippen LogP contribution in [0.15, 0.2) is 22.7 Å². The van der Waals surface area contributed by atoms with Gasteiger partial charge in [0, 0.05) is 15.1 Å². The summed E-state index contributed by atoms with van der Waals surface area (Å²) in [5, 5.41) is 0.788. The first-order valence-electron chi connectivity index (χ1n) is 7.07. The molecular weight excluding hydrogens is 324 g/mol. The molecule has 0 aromatic heterocycles. The Hall–Kier alpha value is -0.0900. The maximum Gasteiger partial charge on any atom is 0.0514 e. The summed E-state index contributed by atoms with van der Waals surface area (Å²) < 4.78 is 1.04. The average molecular weight is 346 g/mol. The Morgan fingerprint density at radius 1 is 1.47 bits per heavy atom. The van der Waals surface area contributed by atoms with Crippen LogP contribution in [0.2, 0.25) is 5.02 Å². The van der Waals surface area contributed by atoms with Crippen LogP contribution in [0.3, 0.4) is 0 Å². The molecule has 4 heteroatoms. The summed E-state index contributed by atoms with van der Waals surface area (Å²) >= 11 is 9.97. The Bertz CT molecular complexity index is 404. The standard InChI is InChI=1S/C15H22BrClN2/c1-2-10-5-3-6-11(9-10)15(19-18)14-12(16)7-4-8-13(14)17/h4,7-8,10-11,15,19H,2-3,5-6,9,18H2,1H3.